The highest BCUT2D eigenvalue weighted by Gasteiger charge is 2.10. The summed E-state index contributed by atoms with van der Waals surface area (Å²) >= 11 is 11.9. The minimum Gasteiger partial charge on any atom is -0.439 e. The zero-order chi connectivity index (χ0) is 13.1. The van der Waals surface area contributed by atoms with Gasteiger partial charge in [0.2, 0.25) is 5.88 Å². The molecule has 1 aromatic heterocycles. The minimum absolute atomic E-state index is 0.370. The largest absolute Gasteiger partial charge is 0.439 e. The highest BCUT2D eigenvalue weighted by Crippen LogP contribution is 2.28. The van der Waals surface area contributed by atoms with E-state index in [1.165, 1.54) is 0 Å². The van der Waals surface area contributed by atoms with Crippen LogP contribution in [0.1, 0.15) is 16.8 Å². The van der Waals surface area contributed by atoms with Crippen molar-refractivity contribution in [1.82, 2.24) is 4.98 Å². The van der Waals surface area contributed by atoms with E-state index in [1.54, 1.807) is 12.1 Å². The predicted molar refractivity (Wildman–Crippen MR) is 74.8 cm³/mol. The van der Waals surface area contributed by atoms with E-state index in [9.17, 15) is 0 Å². The summed E-state index contributed by atoms with van der Waals surface area (Å²) in [5.41, 5.74) is 2.88. The lowest BCUT2D eigenvalue weighted by Crippen LogP contribution is -1.98. The highest BCUT2D eigenvalue weighted by atomic mass is 35.5. The summed E-state index contributed by atoms with van der Waals surface area (Å²) in [6, 6.07) is 9.21. The van der Waals surface area contributed by atoms with Crippen molar-refractivity contribution in [3.05, 3.63) is 52.2 Å². The Morgan fingerprint density at radius 1 is 1.22 bits per heavy atom. The molecule has 4 heteroatoms. The average molecular weight is 282 g/mol. The van der Waals surface area contributed by atoms with E-state index < -0.39 is 0 Å². The van der Waals surface area contributed by atoms with Gasteiger partial charge in [0.05, 0.1) is 5.88 Å². The van der Waals surface area contributed by atoms with Gasteiger partial charge in [-0.1, -0.05) is 17.7 Å². The Morgan fingerprint density at radius 2 is 2.00 bits per heavy atom. The molecule has 0 saturated heterocycles. The molecule has 0 bridgehead atoms. The maximum Gasteiger partial charge on any atom is 0.224 e. The van der Waals surface area contributed by atoms with Gasteiger partial charge in [-0.2, -0.15) is 0 Å². The van der Waals surface area contributed by atoms with Crippen LogP contribution in [-0.2, 0) is 5.88 Å². The van der Waals surface area contributed by atoms with Crippen LogP contribution in [0.2, 0.25) is 5.02 Å². The minimum atomic E-state index is 0.370. The van der Waals surface area contributed by atoms with E-state index in [2.05, 4.69) is 4.98 Å². The molecule has 2 aromatic rings. The summed E-state index contributed by atoms with van der Waals surface area (Å²) in [5, 5.41) is 0.629. The molecular formula is C14H13Cl2NO. The average Bonchev–Trinajstić information content (AvgIpc) is 2.28. The van der Waals surface area contributed by atoms with Crippen LogP contribution in [0.25, 0.3) is 0 Å². The molecule has 2 nitrogen and oxygen atoms in total. The van der Waals surface area contributed by atoms with Crippen molar-refractivity contribution in [2.24, 2.45) is 0 Å². The van der Waals surface area contributed by atoms with Crippen molar-refractivity contribution < 1.29 is 4.74 Å². The van der Waals surface area contributed by atoms with E-state index in [0.717, 1.165) is 16.8 Å². The molecular weight excluding hydrogens is 269 g/mol. The lowest BCUT2D eigenvalue weighted by Gasteiger charge is -2.12. The number of aromatic nitrogens is 1. The zero-order valence-corrected chi connectivity index (χ0v) is 11.7. The van der Waals surface area contributed by atoms with Crippen molar-refractivity contribution >= 4 is 23.2 Å². The number of halogens is 2. The number of pyridine rings is 1. The first-order valence-electron chi connectivity index (χ1n) is 5.56. The zero-order valence-electron chi connectivity index (χ0n) is 10.2. The Balaban J connectivity index is 2.39. The van der Waals surface area contributed by atoms with Gasteiger partial charge in [0.1, 0.15) is 5.75 Å². The number of alkyl halides is 1. The Hall–Kier alpha value is -1.25. The van der Waals surface area contributed by atoms with Gasteiger partial charge in [0, 0.05) is 16.3 Å². The molecule has 0 fully saturated rings. The Morgan fingerprint density at radius 3 is 2.67 bits per heavy atom. The maximum atomic E-state index is 5.94. The first kappa shape index (κ1) is 13.2. The van der Waals surface area contributed by atoms with Gasteiger partial charge >= 0.3 is 0 Å². The fourth-order valence-electron chi connectivity index (χ4n) is 1.72. The van der Waals surface area contributed by atoms with E-state index in [-0.39, 0.29) is 0 Å². The third-order valence-corrected chi connectivity index (χ3v) is 3.08. The van der Waals surface area contributed by atoms with Crippen LogP contribution in [0.3, 0.4) is 0 Å². The fraction of sp³-hybridized carbons (Fsp3) is 0.214. The molecule has 0 spiro atoms. The summed E-state index contributed by atoms with van der Waals surface area (Å²) < 4.78 is 5.76. The van der Waals surface area contributed by atoms with Gasteiger partial charge in [0.25, 0.3) is 0 Å². The van der Waals surface area contributed by atoms with Crippen LogP contribution < -0.4 is 4.74 Å². The third kappa shape index (κ3) is 2.95. The van der Waals surface area contributed by atoms with Gasteiger partial charge in [-0.25, -0.2) is 4.98 Å². The number of aryl methyl sites for hydroxylation is 2. The molecule has 0 aliphatic rings. The summed E-state index contributed by atoms with van der Waals surface area (Å²) in [4.78, 5) is 4.38. The lowest BCUT2D eigenvalue weighted by atomic mass is 10.1. The number of ether oxygens (including phenoxy) is 1. The summed E-state index contributed by atoms with van der Waals surface area (Å²) in [7, 11) is 0. The fourth-order valence-corrected chi connectivity index (χ4v) is 2.22. The molecule has 1 heterocycles. The Bertz CT molecular complexity index is 570. The highest BCUT2D eigenvalue weighted by molar-refractivity contribution is 6.30. The van der Waals surface area contributed by atoms with E-state index in [4.69, 9.17) is 27.9 Å². The maximum absolute atomic E-state index is 5.94. The molecule has 0 radical (unpaired) electrons. The smallest absolute Gasteiger partial charge is 0.224 e. The van der Waals surface area contributed by atoms with Gasteiger partial charge in [0.15, 0.2) is 0 Å². The van der Waals surface area contributed by atoms with Crippen molar-refractivity contribution in [3.8, 4) is 11.6 Å². The molecule has 0 aliphatic heterocycles. The quantitative estimate of drug-likeness (QED) is 0.748. The van der Waals surface area contributed by atoms with Crippen LogP contribution in [-0.4, -0.2) is 4.98 Å². The SMILES string of the molecule is Cc1cc(C)c(CCl)c(Oc2cccc(Cl)c2)n1. The summed E-state index contributed by atoms with van der Waals surface area (Å²) in [6.07, 6.45) is 0. The molecule has 0 saturated carbocycles. The van der Waals surface area contributed by atoms with Crippen LogP contribution in [0.15, 0.2) is 30.3 Å². The molecule has 94 valence electrons. The predicted octanol–water partition coefficient (Wildman–Crippen LogP) is 4.88. The van der Waals surface area contributed by atoms with E-state index in [1.807, 2.05) is 32.0 Å². The van der Waals surface area contributed by atoms with Crippen molar-refractivity contribution in [3.63, 3.8) is 0 Å². The standard InChI is InChI=1S/C14H13Cl2NO/c1-9-6-10(2)17-14(13(9)8-15)18-12-5-3-4-11(16)7-12/h3-7H,8H2,1-2H3. The number of nitrogens with zero attached hydrogens (tertiary/aromatic N) is 1. The molecule has 0 unspecified atom stereocenters. The second-order valence-corrected chi connectivity index (χ2v) is 4.76. The van der Waals surface area contributed by atoms with Gasteiger partial charge in [-0.05, 0) is 43.7 Å². The summed E-state index contributed by atoms with van der Waals surface area (Å²) in [5.74, 6) is 1.57. The molecule has 0 N–H and O–H groups in total. The molecule has 0 aliphatic carbocycles. The van der Waals surface area contributed by atoms with E-state index >= 15 is 0 Å². The normalized spacial score (nSPS) is 10.4. The van der Waals surface area contributed by atoms with Crippen LogP contribution >= 0.6 is 23.2 Å². The first-order chi connectivity index (χ1) is 8.60. The van der Waals surface area contributed by atoms with Crippen molar-refractivity contribution in [2.45, 2.75) is 19.7 Å². The molecule has 0 atom stereocenters. The molecule has 0 amide bonds. The van der Waals surface area contributed by atoms with Crippen LogP contribution in [0, 0.1) is 13.8 Å². The Kier molecular flexibility index (Phi) is 4.10. The topological polar surface area (TPSA) is 22.1 Å². The van der Waals surface area contributed by atoms with Gasteiger partial charge in [-0.15, -0.1) is 11.6 Å². The van der Waals surface area contributed by atoms with Gasteiger partial charge in [-0.3, -0.25) is 0 Å². The number of hydrogen-bond acceptors (Lipinski definition) is 2. The van der Waals surface area contributed by atoms with Gasteiger partial charge < -0.3 is 4.74 Å². The van der Waals surface area contributed by atoms with Crippen molar-refractivity contribution in [1.29, 1.82) is 0 Å². The lowest BCUT2D eigenvalue weighted by molar-refractivity contribution is 0.456. The van der Waals surface area contributed by atoms with Crippen LogP contribution in [0.4, 0.5) is 0 Å². The molecule has 2 rings (SSSR count). The first-order valence-corrected chi connectivity index (χ1v) is 6.48. The summed E-state index contributed by atoms with van der Waals surface area (Å²) in [6.45, 7) is 3.92. The third-order valence-electron chi connectivity index (χ3n) is 2.58. The monoisotopic (exact) mass is 281 g/mol. The Labute approximate surface area is 117 Å². The second kappa shape index (κ2) is 5.59. The van der Waals surface area contributed by atoms with Crippen LogP contribution in [0.5, 0.6) is 11.6 Å². The van der Waals surface area contributed by atoms with Crippen molar-refractivity contribution in [2.75, 3.05) is 0 Å². The molecule has 1 aromatic carbocycles. The number of rotatable bonds is 3. The van der Waals surface area contributed by atoms with E-state index in [0.29, 0.717) is 22.5 Å². The number of benzene rings is 1. The second-order valence-electron chi connectivity index (χ2n) is 4.06. The number of hydrogen-bond donors (Lipinski definition) is 0. The molecule has 18 heavy (non-hydrogen) atoms.